The number of amides is 1. The predicted molar refractivity (Wildman–Crippen MR) is 71.0 cm³/mol. The maximum atomic E-state index is 11.7. The van der Waals surface area contributed by atoms with Gasteiger partial charge in [0.2, 0.25) is 0 Å². The van der Waals surface area contributed by atoms with E-state index >= 15 is 0 Å². The van der Waals surface area contributed by atoms with Crippen molar-refractivity contribution in [1.82, 2.24) is 5.32 Å². The lowest BCUT2D eigenvalue weighted by molar-refractivity contribution is -0.122. The summed E-state index contributed by atoms with van der Waals surface area (Å²) >= 11 is 0. The van der Waals surface area contributed by atoms with E-state index in [9.17, 15) is 9.59 Å². The van der Waals surface area contributed by atoms with Crippen molar-refractivity contribution in [3.63, 3.8) is 0 Å². The predicted octanol–water partition coefficient (Wildman–Crippen LogP) is 1.33. The van der Waals surface area contributed by atoms with Crippen molar-refractivity contribution in [3.8, 4) is 18.1 Å². The summed E-state index contributed by atoms with van der Waals surface area (Å²) in [7, 11) is 0. The van der Waals surface area contributed by atoms with E-state index in [0.29, 0.717) is 12.2 Å². The Labute approximate surface area is 112 Å². The van der Waals surface area contributed by atoms with Crippen molar-refractivity contribution in [2.45, 2.75) is 19.3 Å². The highest BCUT2D eigenvalue weighted by molar-refractivity contribution is 5.98. The highest BCUT2D eigenvalue weighted by atomic mass is 16.5. The molecule has 1 N–H and O–H groups in total. The average Bonchev–Trinajstić information content (AvgIpc) is 2.43. The SMILES string of the molecule is C#CCNC(=O)COc1ccc2c(c1)CCCC2=O. The average molecular weight is 257 g/mol. The number of carbonyl (C=O) groups is 2. The topological polar surface area (TPSA) is 55.4 Å². The summed E-state index contributed by atoms with van der Waals surface area (Å²) in [5, 5.41) is 2.52. The lowest BCUT2D eigenvalue weighted by atomic mass is 9.91. The Hall–Kier alpha value is -2.28. The molecule has 0 saturated carbocycles. The van der Waals surface area contributed by atoms with Crippen molar-refractivity contribution in [2.75, 3.05) is 13.2 Å². The normalized spacial score (nSPS) is 13.3. The fourth-order valence-corrected chi connectivity index (χ4v) is 2.06. The third kappa shape index (κ3) is 3.35. The van der Waals surface area contributed by atoms with Gasteiger partial charge in [0.05, 0.1) is 6.54 Å². The lowest BCUT2D eigenvalue weighted by Gasteiger charge is -2.15. The molecule has 1 amide bonds. The molecule has 0 heterocycles. The quantitative estimate of drug-likeness (QED) is 0.828. The Morgan fingerprint density at radius 3 is 3.05 bits per heavy atom. The van der Waals surface area contributed by atoms with Crippen molar-refractivity contribution < 1.29 is 14.3 Å². The van der Waals surface area contributed by atoms with Gasteiger partial charge in [0.15, 0.2) is 12.4 Å². The Morgan fingerprint density at radius 1 is 1.42 bits per heavy atom. The maximum Gasteiger partial charge on any atom is 0.258 e. The molecule has 1 aliphatic rings. The molecule has 4 nitrogen and oxygen atoms in total. The molecule has 0 atom stereocenters. The highest BCUT2D eigenvalue weighted by Gasteiger charge is 2.17. The minimum absolute atomic E-state index is 0.0750. The second-order valence-electron chi connectivity index (χ2n) is 4.37. The molecule has 0 radical (unpaired) electrons. The van der Waals surface area contributed by atoms with Gasteiger partial charge in [0.25, 0.3) is 5.91 Å². The number of ether oxygens (including phenoxy) is 1. The molecule has 1 aromatic rings. The Morgan fingerprint density at radius 2 is 2.26 bits per heavy atom. The molecule has 0 bridgehead atoms. The number of terminal acetylenes is 1. The summed E-state index contributed by atoms with van der Waals surface area (Å²) in [6, 6.07) is 5.32. The molecule has 0 fully saturated rings. The van der Waals surface area contributed by atoms with E-state index in [1.807, 2.05) is 6.07 Å². The van der Waals surface area contributed by atoms with Crippen molar-refractivity contribution in [2.24, 2.45) is 0 Å². The summed E-state index contributed by atoms with van der Waals surface area (Å²) in [6.07, 6.45) is 7.40. The molecule has 0 aromatic heterocycles. The summed E-state index contributed by atoms with van der Waals surface area (Å²) in [5.74, 6) is 2.84. The van der Waals surface area contributed by atoms with Gasteiger partial charge < -0.3 is 10.1 Å². The third-order valence-corrected chi connectivity index (χ3v) is 2.98. The van der Waals surface area contributed by atoms with E-state index in [1.54, 1.807) is 12.1 Å². The Kier molecular flexibility index (Phi) is 4.19. The highest BCUT2D eigenvalue weighted by Crippen LogP contribution is 2.25. The molecule has 0 unspecified atom stereocenters. The molecular formula is C15H15NO3. The number of hydrogen-bond acceptors (Lipinski definition) is 3. The zero-order chi connectivity index (χ0) is 13.7. The minimum atomic E-state index is -0.258. The van der Waals surface area contributed by atoms with Crippen LogP contribution in [0.2, 0.25) is 0 Å². The van der Waals surface area contributed by atoms with Gasteiger partial charge in [-0.1, -0.05) is 5.92 Å². The molecule has 2 rings (SSSR count). The third-order valence-electron chi connectivity index (χ3n) is 2.98. The van der Waals surface area contributed by atoms with Crippen molar-refractivity contribution in [3.05, 3.63) is 29.3 Å². The number of nitrogens with one attached hydrogen (secondary N) is 1. The fourth-order valence-electron chi connectivity index (χ4n) is 2.06. The Bertz CT molecular complexity index is 543. The van der Waals surface area contributed by atoms with Gasteiger partial charge in [-0.15, -0.1) is 6.42 Å². The van der Waals surface area contributed by atoms with E-state index in [2.05, 4.69) is 11.2 Å². The van der Waals surface area contributed by atoms with Crippen LogP contribution in [0.3, 0.4) is 0 Å². The Balaban J connectivity index is 1.97. The van der Waals surface area contributed by atoms with Crippen molar-refractivity contribution in [1.29, 1.82) is 0 Å². The van der Waals surface area contributed by atoms with Crippen LogP contribution in [-0.2, 0) is 11.2 Å². The molecule has 0 saturated heterocycles. The number of aryl methyl sites for hydroxylation is 1. The zero-order valence-electron chi connectivity index (χ0n) is 10.6. The van der Waals surface area contributed by atoms with Gasteiger partial charge in [-0.05, 0) is 36.6 Å². The van der Waals surface area contributed by atoms with Crippen LogP contribution < -0.4 is 10.1 Å². The fraction of sp³-hybridized carbons (Fsp3) is 0.333. The first-order valence-corrected chi connectivity index (χ1v) is 6.20. The largest absolute Gasteiger partial charge is 0.484 e. The van der Waals surface area contributed by atoms with Crippen LogP contribution in [0.15, 0.2) is 18.2 Å². The first kappa shape index (κ1) is 13.2. The summed E-state index contributed by atoms with van der Waals surface area (Å²) < 4.78 is 5.37. The summed E-state index contributed by atoms with van der Waals surface area (Å²) in [6.45, 7) is 0.120. The molecular weight excluding hydrogens is 242 g/mol. The van der Waals surface area contributed by atoms with E-state index < -0.39 is 0 Å². The van der Waals surface area contributed by atoms with E-state index in [0.717, 1.165) is 24.0 Å². The summed E-state index contributed by atoms with van der Waals surface area (Å²) in [4.78, 5) is 23.0. The lowest BCUT2D eigenvalue weighted by Crippen LogP contribution is -2.29. The van der Waals surface area contributed by atoms with Crippen LogP contribution in [0.5, 0.6) is 5.75 Å². The smallest absolute Gasteiger partial charge is 0.258 e. The van der Waals surface area contributed by atoms with Crippen LogP contribution in [0.4, 0.5) is 0 Å². The van der Waals surface area contributed by atoms with E-state index in [-0.39, 0.29) is 24.8 Å². The molecule has 19 heavy (non-hydrogen) atoms. The van der Waals surface area contributed by atoms with E-state index in [1.165, 1.54) is 0 Å². The van der Waals surface area contributed by atoms with Crippen LogP contribution >= 0.6 is 0 Å². The number of fused-ring (bicyclic) bond motifs is 1. The van der Waals surface area contributed by atoms with Gasteiger partial charge >= 0.3 is 0 Å². The second kappa shape index (κ2) is 6.05. The molecule has 4 heteroatoms. The van der Waals surface area contributed by atoms with Gasteiger partial charge in [0, 0.05) is 12.0 Å². The maximum absolute atomic E-state index is 11.7. The van der Waals surface area contributed by atoms with Gasteiger partial charge in [-0.25, -0.2) is 0 Å². The number of carbonyl (C=O) groups excluding carboxylic acids is 2. The number of benzene rings is 1. The monoisotopic (exact) mass is 257 g/mol. The van der Waals surface area contributed by atoms with Crippen molar-refractivity contribution >= 4 is 11.7 Å². The van der Waals surface area contributed by atoms with E-state index in [4.69, 9.17) is 11.2 Å². The van der Waals surface area contributed by atoms with Gasteiger partial charge in [0.1, 0.15) is 5.75 Å². The van der Waals surface area contributed by atoms with Crippen LogP contribution in [0, 0.1) is 12.3 Å². The second-order valence-corrected chi connectivity index (χ2v) is 4.37. The molecule has 0 spiro atoms. The number of Topliss-reactive ketones (excluding diaryl/α,β-unsaturated/α-hetero) is 1. The van der Waals surface area contributed by atoms with Crippen LogP contribution in [0.25, 0.3) is 0 Å². The zero-order valence-corrected chi connectivity index (χ0v) is 10.6. The molecule has 1 aromatic carbocycles. The molecule has 0 aliphatic heterocycles. The number of ketones is 1. The molecule has 1 aliphatic carbocycles. The first-order valence-electron chi connectivity index (χ1n) is 6.20. The number of rotatable bonds is 4. The first-order chi connectivity index (χ1) is 9.20. The number of hydrogen-bond donors (Lipinski definition) is 1. The van der Waals surface area contributed by atoms with Gasteiger partial charge in [-0.2, -0.15) is 0 Å². The van der Waals surface area contributed by atoms with Crippen LogP contribution in [-0.4, -0.2) is 24.8 Å². The minimum Gasteiger partial charge on any atom is -0.484 e. The summed E-state index contributed by atoms with van der Waals surface area (Å²) in [5.41, 5.74) is 1.77. The standard InChI is InChI=1S/C15H15NO3/c1-2-8-16-15(18)10-19-12-6-7-13-11(9-12)4-3-5-14(13)17/h1,6-7,9H,3-5,8,10H2,(H,16,18). The molecule has 98 valence electrons. The van der Waals surface area contributed by atoms with Gasteiger partial charge in [-0.3, -0.25) is 9.59 Å². The van der Waals surface area contributed by atoms with Crippen LogP contribution in [0.1, 0.15) is 28.8 Å².